The summed E-state index contributed by atoms with van der Waals surface area (Å²) in [5.74, 6) is 1.09. The van der Waals surface area contributed by atoms with Crippen molar-refractivity contribution in [3.05, 3.63) is 35.6 Å². The van der Waals surface area contributed by atoms with E-state index in [2.05, 4.69) is 42.8 Å². The molecule has 1 saturated heterocycles. The summed E-state index contributed by atoms with van der Waals surface area (Å²) in [7, 11) is 0. The largest absolute Gasteiger partial charge is 0.498 e. The number of nitrogens with one attached hydrogen (secondary N) is 1. The molecule has 2 heterocycles. The van der Waals surface area contributed by atoms with E-state index in [9.17, 15) is 0 Å². The van der Waals surface area contributed by atoms with Gasteiger partial charge in [0.25, 0.3) is 0 Å². The predicted octanol–water partition coefficient (Wildman–Crippen LogP) is 3.26. The fourth-order valence-electron chi connectivity index (χ4n) is 3.09. The molecule has 0 aliphatic carbocycles. The summed E-state index contributed by atoms with van der Waals surface area (Å²) in [6.45, 7) is 14.1. The molecule has 0 radical (unpaired) electrons. The lowest BCUT2D eigenvalue weighted by Crippen LogP contribution is -2.36. The molecule has 1 unspecified atom stereocenters. The second kappa shape index (κ2) is 8.40. The van der Waals surface area contributed by atoms with Gasteiger partial charge in [0.2, 0.25) is 0 Å². The van der Waals surface area contributed by atoms with Crippen molar-refractivity contribution in [2.45, 2.75) is 45.6 Å². The molecule has 3 heteroatoms. The van der Waals surface area contributed by atoms with E-state index >= 15 is 0 Å². The van der Waals surface area contributed by atoms with Crippen molar-refractivity contribution < 1.29 is 4.74 Å². The molecular formula is C18H30N2O. The fourth-order valence-corrected chi connectivity index (χ4v) is 3.09. The molecule has 0 bridgehead atoms. The van der Waals surface area contributed by atoms with Crippen molar-refractivity contribution in [1.82, 2.24) is 10.2 Å². The Morgan fingerprint density at radius 2 is 2.29 bits per heavy atom. The minimum atomic E-state index is 0.599. The molecular weight excluding hydrogens is 260 g/mol. The molecule has 0 aromatic heterocycles. The number of allylic oxidation sites excluding steroid dienone is 3. The Morgan fingerprint density at radius 3 is 3.05 bits per heavy atom. The molecule has 1 atom stereocenters. The van der Waals surface area contributed by atoms with Crippen LogP contribution in [-0.4, -0.2) is 43.7 Å². The maximum Gasteiger partial charge on any atom is 0.0962 e. The van der Waals surface area contributed by atoms with E-state index in [1.807, 2.05) is 0 Å². The minimum absolute atomic E-state index is 0.599. The fraction of sp³-hybridized carbons (Fsp3) is 0.667. The lowest BCUT2D eigenvalue weighted by molar-refractivity contribution is 0.221. The van der Waals surface area contributed by atoms with Crippen LogP contribution < -0.4 is 5.32 Å². The van der Waals surface area contributed by atoms with Gasteiger partial charge in [-0.05, 0) is 51.8 Å². The van der Waals surface area contributed by atoms with Crippen LogP contribution in [0.15, 0.2) is 35.6 Å². The maximum atomic E-state index is 5.47. The highest BCUT2D eigenvalue weighted by Crippen LogP contribution is 2.20. The third-order valence-corrected chi connectivity index (χ3v) is 4.45. The summed E-state index contributed by atoms with van der Waals surface area (Å²) in [5, 5.41) is 3.46. The molecule has 0 aromatic rings. The summed E-state index contributed by atoms with van der Waals surface area (Å²) >= 11 is 0. The molecule has 1 N–H and O–H groups in total. The smallest absolute Gasteiger partial charge is 0.0962 e. The Kier molecular flexibility index (Phi) is 6.52. The number of hydrogen-bond donors (Lipinski definition) is 1. The zero-order valence-corrected chi connectivity index (χ0v) is 13.7. The van der Waals surface area contributed by atoms with Gasteiger partial charge in [-0.3, -0.25) is 4.90 Å². The SMILES string of the molecule is C=C(C/C=C\C1=C(C)OCC1)CC(C)N1CCCNCC1. The number of ether oxygens (including phenoxy) is 1. The van der Waals surface area contributed by atoms with Gasteiger partial charge >= 0.3 is 0 Å². The molecule has 2 rings (SSSR count). The van der Waals surface area contributed by atoms with Crippen LogP contribution in [0.25, 0.3) is 0 Å². The number of nitrogens with zero attached hydrogens (tertiary/aromatic N) is 1. The second-order valence-corrected chi connectivity index (χ2v) is 6.23. The normalized spacial score (nSPS) is 22.4. The minimum Gasteiger partial charge on any atom is -0.498 e. The van der Waals surface area contributed by atoms with Crippen LogP contribution in [-0.2, 0) is 4.74 Å². The van der Waals surface area contributed by atoms with E-state index in [0.717, 1.165) is 51.3 Å². The standard InChI is InChI=1S/C18H30N2O/c1-15(6-4-7-18-8-13-21-17(18)3)14-16(2)20-11-5-9-19-10-12-20/h4,7,16,19H,1,5-6,8-14H2,2-3H3/b7-4-. The maximum absolute atomic E-state index is 5.47. The molecule has 21 heavy (non-hydrogen) atoms. The zero-order valence-electron chi connectivity index (χ0n) is 13.7. The summed E-state index contributed by atoms with van der Waals surface area (Å²) in [6, 6.07) is 0.599. The first-order valence-electron chi connectivity index (χ1n) is 8.27. The van der Waals surface area contributed by atoms with Gasteiger partial charge in [0.1, 0.15) is 0 Å². The van der Waals surface area contributed by atoms with Crippen LogP contribution in [0, 0.1) is 0 Å². The van der Waals surface area contributed by atoms with Crippen LogP contribution in [0.3, 0.4) is 0 Å². The van der Waals surface area contributed by atoms with Crippen molar-refractivity contribution in [3.63, 3.8) is 0 Å². The first kappa shape index (κ1) is 16.3. The summed E-state index contributed by atoms with van der Waals surface area (Å²) in [6.07, 6.45) is 8.84. The van der Waals surface area contributed by atoms with Gasteiger partial charge < -0.3 is 10.1 Å². The molecule has 0 aromatic carbocycles. The topological polar surface area (TPSA) is 24.5 Å². The van der Waals surface area contributed by atoms with Gasteiger partial charge in [0, 0.05) is 25.6 Å². The monoisotopic (exact) mass is 290 g/mol. The van der Waals surface area contributed by atoms with Crippen molar-refractivity contribution in [2.24, 2.45) is 0 Å². The van der Waals surface area contributed by atoms with E-state index in [1.165, 1.54) is 24.1 Å². The molecule has 2 aliphatic rings. The van der Waals surface area contributed by atoms with E-state index in [1.54, 1.807) is 0 Å². The van der Waals surface area contributed by atoms with Crippen molar-refractivity contribution >= 4 is 0 Å². The predicted molar refractivity (Wildman–Crippen MR) is 89.3 cm³/mol. The van der Waals surface area contributed by atoms with Crippen molar-refractivity contribution in [2.75, 3.05) is 32.8 Å². The average Bonchev–Trinajstić information content (AvgIpc) is 2.71. The summed E-state index contributed by atoms with van der Waals surface area (Å²) in [5.41, 5.74) is 2.67. The van der Waals surface area contributed by atoms with Crippen LogP contribution >= 0.6 is 0 Å². The van der Waals surface area contributed by atoms with Gasteiger partial charge in [-0.25, -0.2) is 0 Å². The van der Waals surface area contributed by atoms with E-state index in [0.29, 0.717) is 6.04 Å². The lowest BCUT2D eigenvalue weighted by atomic mass is 10.0. The van der Waals surface area contributed by atoms with E-state index in [4.69, 9.17) is 4.74 Å². The van der Waals surface area contributed by atoms with Crippen LogP contribution in [0.4, 0.5) is 0 Å². The quantitative estimate of drug-likeness (QED) is 0.760. The Labute approximate surface area is 129 Å². The van der Waals surface area contributed by atoms with Crippen molar-refractivity contribution in [1.29, 1.82) is 0 Å². The molecule has 0 amide bonds. The summed E-state index contributed by atoms with van der Waals surface area (Å²) in [4.78, 5) is 2.59. The number of rotatable bonds is 6. The Hall–Kier alpha value is -1.06. The van der Waals surface area contributed by atoms with Gasteiger partial charge in [-0.2, -0.15) is 0 Å². The molecule has 2 aliphatic heterocycles. The Balaban J connectivity index is 1.73. The average molecular weight is 290 g/mol. The second-order valence-electron chi connectivity index (χ2n) is 6.23. The van der Waals surface area contributed by atoms with Gasteiger partial charge in [0.15, 0.2) is 0 Å². The van der Waals surface area contributed by atoms with E-state index in [-0.39, 0.29) is 0 Å². The molecule has 118 valence electrons. The first-order valence-corrected chi connectivity index (χ1v) is 8.27. The Bertz CT molecular complexity index is 403. The lowest BCUT2D eigenvalue weighted by Gasteiger charge is -2.27. The van der Waals surface area contributed by atoms with E-state index < -0.39 is 0 Å². The highest BCUT2D eigenvalue weighted by atomic mass is 16.5. The summed E-state index contributed by atoms with van der Waals surface area (Å²) < 4.78 is 5.47. The van der Waals surface area contributed by atoms with Crippen LogP contribution in [0.1, 0.15) is 39.5 Å². The number of hydrogen-bond acceptors (Lipinski definition) is 3. The van der Waals surface area contributed by atoms with Gasteiger partial charge in [-0.15, -0.1) is 0 Å². The Morgan fingerprint density at radius 1 is 1.43 bits per heavy atom. The third-order valence-electron chi connectivity index (χ3n) is 4.45. The molecule has 0 saturated carbocycles. The molecule has 0 spiro atoms. The first-order chi connectivity index (χ1) is 10.2. The van der Waals surface area contributed by atoms with Crippen LogP contribution in [0.2, 0.25) is 0 Å². The van der Waals surface area contributed by atoms with Crippen LogP contribution in [0.5, 0.6) is 0 Å². The zero-order chi connectivity index (χ0) is 15.1. The third kappa shape index (κ3) is 5.33. The highest BCUT2D eigenvalue weighted by molar-refractivity contribution is 5.25. The van der Waals surface area contributed by atoms with Crippen molar-refractivity contribution in [3.8, 4) is 0 Å². The molecule has 3 nitrogen and oxygen atoms in total. The van der Waals surface area contributed by atoms with Gasteiger partial charge in [0.05, 0.1) is 12.4 Å². The van der Waals surface area contributed by atoms with Gasteiger partial charge in [-0.1, -0.05) is 24.3 Å². The molecule has 1 fully saturated rings. The highest BCUT2D eigenvalue weighted by Gasteiger charge is 2.15.